The highest BCUT2D eigenvalue weighted by Crippen LogP contribution is 2.36. The molecule has 4 amide bonds. The first-order valence-corrected chi connectivity index (χ1v) is 15.4. The number of likely N-dealkylation sites (tertiary alicyclic amines) is 1. The van der Waals surface area contributed by atoms with E-state index in [1.165, 1.54) is 7.05 Å². The van der Waals surface area contributed by atoms with Gasteiger partial charge in [-0.25, -0.2) is 4.79 Å². The van der Waals surface area contributed by atoms with E-state index < -0.39 is 41.8 Å². The lowest BCUT2D eigenvalue weighted by molar-refractivity contribution is -0.144. The Labute approximate surface area is 248 Å². The van der Waals surface area contributed by atoms with Crippen molar-refractivity contribution >= 4 is 29.6 Å². The highest BCUT2D eigenvalue weighted by molar-refractivity contribution is 6.38. The van der Waals surface area contributed by atoms with Crippen LogP contribution in [0.25, 0.3) is 0 Å². The number of ether oxygens (including phenoxy) is 1. The van der Waals surface area contributed by atoms with Crippen molar-refractivity contribution in [1.29, 1.82) is 0 Å². The van der Waals surface area contributed by atoms with Gasteiger partial charge < -0.3 is 25.6 Å². The molecule has 10 heteroatoms. The minimum Gasteiger partial charge on any atom is -0.449 e. The molecule has 4 atom stereocenters. The molecule has 0 spiro atoms. The van der Waals surface area contributed by atoms with Crippen LogP contribution in [0.5, 0.6) is 0 Å². The fourth-order valence-corrected chi connectivity index (χ4v) is 6.35. The average molecular weight is 583 g/mol. The summed E-state index contributed by atoms with van der Waals surface area (Å²) in [6.45, 7) is 8.49. The lowest BCUT2D eigenvalue weighted by atomic mass is 9.87. The molecule has 0 aromatic heterocycles. The Morgan fingerprint density at radius 1 is 0.952 bits per heavy atom. The summed E-state index contributed by atoms with van der Waals surface area (Å²) in [5, 5.41) is 8.08. The van der Waals surface area contributed by atoms with Gasteiger partial charge in [0.25, 0.3) is 5.91 Å². The number of carbonyl (C=O) groups excluding carboxylic acids is 5. The standard InChI is InChI=1S/C32H46N4O6/c1-18(2)17-42-32(41)35-26(23-15-21-8-6-7-9-22(21)16-23)31(40)36-13-12-24(19(3)4)27(36)29(38)34-25(14-20-10-11-20)28(37)30(39)33-5/h6-9,18-20,23-27H,10-17H2,1-5H3,(H,33,39)(H,34,38)(H,35,41)/t24?,25?,26-,27-/m0/s1. The summed E-state index contributed by atoms with van der Waals surface area (Å²) >= 11 is 0. The number of alkyl carbamates (subject to hydrolysis) is 1. The fourth-order valence-electron chi connectivity index (χ4n) is 6.35. The van der Waals surface area contributed by atoms with Crippen molar-refractivity contribution in [2.24, 2.45) is 29.6 Å². The van der Waals surface area contributed by atoms with Crippen LogP contribution in [-0.2, 0) is 36.8 Å². The second-order valence-corrected chi connectivity index (χ2v) is 12.9. The van der Waals surface area contributed by atoms with Crippen LogP contribution in [0.4, 0.5) is 4.79 Å². The second-order valence-electron chi connectivity index (χ2n) is 12.9. The van der Waals surface area contributed by atoms with Gasteiger partial charge in [0.15, 0.2) is 0 Å². The fraction of sp³-hybridized carbons (Fsp3) is 0.656. The number of likely N-dealkylation sites (N-methyl/N-ethyl adjacent to an activating group) is 1. The Morgan fingerprint density at radius 2 is 1.60 bits per heavy atom. The first-order chi connectivity index (χ1) is 20.0. The molecule has 2 unspecified atom stereocenters. The molecule has 0 radical (unpaired) electrons. The van der Waals surface area contributed by atoms with Crippen LogP contribution >= 0.6 is 0 Å². The van der Waals surface area contributed by atoms with Crippen LogP contribution in [0.15, 0.2) is 24.3 Å². The Hall–Kier alpha value is -3.43. The number of ketones is 1. The summed E-state index contributed by atoms with van der Waals surface area (Å²) in [7, 11) is 1.39. The van der Waals surface area contributed by atoms with Gasteiger partial charge in [0.1, 0.15) is 12.1 Å². The van der Waals surface area contributed by atoms with Crippen LogP contribution < -0.4 is 16.0 Å². The molecule has 230 valence electrons. The molecule has 42 heavy (non-hydrogen) atoms. The van der Waals surface area contributed by atoms with Gasteiger partial charge in [0.05, 0.1) is 12.6 Å². The summed E-state index contributed by atoms with van der Waals surface area (Å²) < 4.78 is 5.40. The normalized spacial score (nSPS) is 21.5. The van der Waals surface area contributed by atoms with Gasteiger partial charge in [-0.05, 0) is 66.4 Å². The predicted molar refractivity (Wildman–Crippen MR) is 157 cm³/mol. The maximum absolute atomic E-state index is 14.3. The van der Waals surface area contributed by atoms with Crippen LogP contribution in [0.2, 0.25) is 0 Å². The molecule has 1 heterocycles. The predicted octanol–water partition coefficient (Wildman–Crippen LogP) is 2.63. The minimum atomic E-state index is -0.945. The number of benzene rings is 1. The molecule has 1 aromatic rings. The Bertz CT molecular complexity index is 1150. The number of rotatable bonds is 12. The summed E-state index contributed by atoms with van der Waals surface area (Å²) in [6, 6.07) is 5.36. The molecule has 3 aliphatic rings. The van der Waals surface area contributed by atoms with E-state index in [4.69, 9.17) is 4.74 Å². The molecule has 10 nitrogen and oxygen atoms in total. The number of Topliss-reactive ketones (excluding diaryl/α,β-unsaturated/α-hetero) is 1. The van der Waals surface area contributed by atoms with E-state index in [0.717, 1.165) is 24.0 Å². The summed E-state index contributed by atoms with van der Waals surface area (Å²) in [4.78, 5) is 67.8. The van der Waals surface area contributed by atoms with Crippen molar-refractivity contribution < 1.29 is 28.7 Å². The molecule has 2 aliphatic carbocycles. The van der Waals surface area contributed by atoms with Gasteiger partial charge in [-0.1, -0.05) is 64.8 Å². The number of hydrogen-bond acceptors (Lipinski definition) is 6. The van der Waals surface area contributed by atoms with Gasteiger partial charge in [0, 0.05) is 13.6 Å². The first kappa shape index (κ1) is 31.5. The summed E-state index contributed by atoms with van der Waals surface area (Å²) in [6.07, 6.45) is 3.53. The lowest BCUT2D eigenvalue weighted by Gasteiger charge is -2.34. The molecule has 2 fully saturated rings. The number of amides is 4. The molecule has 1 saturated heterocycles. The van der Waals surface area contributed by atoms with Crippen molar-refractivity contribution in [1.82, 2.24) is 20.9 Å². The van der Waals surface area contributed by atoms with Crippen LogP contribution in [-0.4, -0.2) is 72.8 Å². The highest BCUT2D eigenvalue weighted by atomic mass is 16.5. The van der Waals surface area contributed by atoms with E-state index >= 15 is 0 Å². The van der Waals surface area contributed by atoms with E-state index in [2.05, 4.69) is 16.0 Å². The van der Waals surface area contributed by atoms with Crippen LogP contribution in [0.1, 0.15) is 64.5 Å². The van der Waals surface area contributed by atoms with Crippen LogP contribution in [0, 0.1) is 29.6 Å². The third-order valence-corrected chi connectivity index (χ3v) is 8.84. The van der Waals surface area contributed by atoms with Crippen molar-refractivity contribution in [3.8, 4) is 0 Å². The quantitative estimate of drug-likeness (QED) is 0.325. The Balaban J connectivity index is 1.58. The molecule has 1 aromatic carbocycles. The second kappa shape index (κ2) is 13.7. The van der Waals surface area contributed by atoms with Crippen LogP contribution in [0.3, 0.4) is 0 Å². The van der Waals surface area contributed by atoms with Gasteiger partial charge in [-0.2, -0.15) is 0 Å². The number of hydrogen-bond donors (Lipinski definition) is 3. The zero-order valence-corrected chi connectivity index (χ0v) is 25.5. The highest BCUT2D eigenvalue weighted by Gasteiger charge is 2.48. The third-order valence-electron chi connectivity index (χ3n) is 8.84. The first-order valence-electron chi connectivity index (χ1n) is 15.4. The summed E-state index contributed by atoms with van der Waals surface area (Å²) in [5.41, 5.74) is 2.29. The monoisotopic (exact) mass is 582 g/mol. The zero-order valence-electron chi connectivity index (χ0n) is 25.5. The average Bonchev–Trinajstić information content (AvgIpc) is 3.49. The van der Waals surface area contributed by atoms with E-state index in [1.54, 1.807) is 4.90 Å². The van der Waals surface area contributed by atoms with Crippen molar-refractivity contribution in [3.05, 3.63) is 35.4 Å². The van der Waals surface area contributed by atoms with Crippen molar-refractivity contribution in [2.45, 2.75) is 84.3 Å². The number of nitrogens with zero attached hydrogens (tertiary/aromatic N) is 1. The molecular weight excluding hydrogens is 536 g/mol. The molecule has 1 saturated carbocycles. The molecule has 1 aliphatic heterocycles. The topological polar surface area (TPSA) is 134 Å². The molecule has 3 N–H and O–H groups in total. The lowest BCUT2D eigenvalue weighted by Crippen LogP contribution is -2.59. The number of fused-ring (bicyclic) bond motifs is 1. The van der Waals surface area contributed by atoms with E-state index in [1.807, 2.05) is 52.0 Å². The van der Waals surface area contributed by atoms with Gasteiger partial charge in [0.2, 0.25) is 17.6 Å². The number of carbonyl (C=O) groups is 5. The largest absolute Gasteiger partial charge is 0.449 e. The van der Waals surface area contributed by atoms with Gasteiger partial charge >= 0.3 is 6.09 Å². The zero-order chi connectivity index (χ0) is 30.6. The van der Waals surface area contributed by atoms with Gasteiger partial charge in [-0.15, -0.1) is 0 Å². The molecular formula is C32H46N4O6. The minimum absolute atomic E-state index is 0.0909. The smallest absolute Gasteiger partial charge is 0.407 e. The van der Waals surface area contributed by atoms with Gasteiger partial charge in [-0.3, -0.25) is 19.2 Å². The van der Waals surface area contributed by atoms with Crippen molar-refractivity contribution in [2.75, 3.05) is 20.2 Å². The summed E-state index contributed by atoms with van der Waals surface area (Å²) in [5.74, 6) is -1.99. The van der Waals surface area contributed by atoms with E-state index in [-0.39, 0.29) is 36.2 Å². The maximum Gasteiger partial charge on any atom is 0.407 e. The SMILES string of the molecule is CNC(=O)C(=O)C(CC1CC1)NC(=O)[C@@H]1C(C(C)C)CCN1C(=O)[C@@H](NC(=O)OCC(C)C)C1Cc2ccccc2C1. The maximum atomic E-state index is 14.3. The Morgan fingerprint density at radius 3 is 2.14 bits per heavy atom. The van der Waals surface area contributed by atoms with E-state index in [0.29, 0.717) is 38.1 Å². The van der Waals surface area contributed by atoms with Crippen molar-refractivity contribution in [3.63, 3.8) is 0 Å². The Kier molecular flexibility index (Phi) is 10.3. The number of nitrogens with one attached hydrogen (secondary N) is 3. The molecule has 4 rings (SSSR count). The van der Waals surface area contributed by atoms with E-state index in [9.17, 15) is 24.0 Å². The molecule has 0 bridgehead atoms. The third kappa shape index (κ3) is 7.50.